The Kier molecular flexibility index (Phi) is 6.71. The summed E-state index contributed by atoms with van der Waals surface area (Å²) >= 11 is 0. The number of nitrogens with one attached hydrogen (secondary N) is 1. The number of fused-ring (bicyclic) bond motifs is 1. The Balaban J connectivity index is 1.65. The summed E-state index contributed by atoms with van der Waals surface area (Å²) in [6, 6.07) is 16.7. The summed E-state index contributed by atoms with van der Waals surface area (Å²) in [4.78, 5) is 26.9. The topological polar surface area (TPSA) is 135 Å². The average molecular weight is 582 g/mol. The number of nitro benzene ring substituents is 1. The van der Waals surface area contributed by atoms with E-state index in [1.54, 1.807) is 61.4 Å². The Morgan fingerprint density at radius 2 is 1.79 bits per heavy atom. The number of benzene rings is 3. The van der Waals surface area contributed by atoms with Gasteiger partial charge in [-0.2, -0.15) is 0 Å². The summed E-state index contributed by atoms with van der Waals surface area (Å²) in [5.74, 6) is 0.634. The number of nitrogens with zero attached hydrogens (tertiary/aromatic N) is 2. The first kappa shape index (κ1) is 28.0. The molecule has 2 N–H and O–H groups in total. The molecule has 0 saturated heterocycles. The minimum absolute atomic E-state index is 0.0304. The van der Waals surface area contributed by atoms with Crippen molar-refractivity contribution < 1.29 is 29.0 Å². The van der Waals surface area contributed by atoms with Crippen LogP contribution < -0.4 is 19.1 Å². The maximum absolute atomic E-state index is 14.1. The first-order valence-electron chi connectivity index (χ1n) is 13.9. The van der Waals surface area contributed by atoms with Crippen LogP contribution in [0.15, 0.2) is 77.5 Å². The van der Waals surface area contributed by atoms with Crippen molar-refractivity contribution >= 4 is 28.8 Å². The SMILES string of the molecule is COc1ccc(C(O)=C2C(=N)N(c3ccc([N+](=O)[O-])cc3C)C3=C(C(=O)CC(C)(C)C3)C2c2ccc3c(c2)OCO3)cc1. The number of ketones is 1. The molecule has 6 rings (SSSR count). The molecule has 2 aliphatic heterocycles. The van der Waals surface area contributed by atoms with Gasteiger partial charge in [0.25, 0.3) is 5.69 Å². The van der Waals surface area contributed by atoms with Crippen LogP contribution in [0.3, 0.4) is 0 Å². The lowest BCUT2D eigenvalue weighted by molar-refractivity contribution is -0.384. The molecule has 0 fully saturated rings. The molecule has 220 valence electrons. The van der Waals surface area contributed by atoms with Gasteiger partial charge in [0, 0.05) is 46.9 Å². The average Bonchev–Trinajstić information content (AvgIpc) is 3.44. The summed E-state index contributed by atoms with van der Waals surface area (Å²) in [6.45, 7) is 5.83. The number of amidine groups is 1. The fraction of sp³-hybridized carbons (Fsp3) is 0.273. The van der Waals surface area contributed by atoms with Gasteiger partial charge in [-0.1, -0.05) is 19.9 Å². The van der Waals surface area contributed by atoms with E-state index < -0.39 is 16.3 Å². The maximum atomic E-state index is 14.1. The van der Waals surface area contributed by atoms with Crippen molar-refractivity contribution in [2.75, 3.05) is 18.8 Å². The van der Waals surface area contributed by atoms with Crippen molar-refractivity contribution in [3.05, 3.63) is 104 Å². The van der Waals surface area contributed by atoms with Gasteiger partial charge in [-0.15, -0.1) is 0 Å². The van der Waals surface area contributed by atoms with Crippen LogP contribution in [-0.4, -0.2) is 35.6 Å². The van der Waals surface area contributed by atoms with Crippen LogP contribution >= 0.6 is 0 Å². The first-order valence-corrected chi connectivity index (χ1v) is 13.9. The largest absolute Gasteiger partial charge is 0.507 e. The van der Waals surface area contributed by atoms with E-state index >= 15 is 0 Å². The van der Waals surface area contributed by atoms with Crippen LogP contribution in [0.4, 0.5) is 11.4 Å². The molecule has 0 bridgehead atoms. The fourth-order valence-electron chi connectivity index (χ4n) is 6.21. The zero-order valence-corrected chi connectivity index (χ0v) is 24.3. The summed E-state index contributed by atoms with van der Waals surface area (Å²) in [7, 11) is 1.55. The van der Waals surface area contributed by atoms with E-state index in [0.29, 0.717) is 57.3 Å². The summed E-state index contributed by atoms with van der Waals surface area (Å²) < 4.78 is 16.5. The van der Waals surface area contributed by atoms with Crippen molar-refractivity contribution in [2.24, 2.45) is 5.41 Å². The number of ether oxygens (including phenoxy) is 3. The molecule has 0 radical (unpaired) electrons. The molecule has 1 atom stereocenters. The van der Waals surface area contributed by atoms with Gasteiger partial charge in [-0.25, -0.2) is 0 Å². The van der Waals surface area contributed by atoms with Crippen molar-refractivity contribution in [2.45, 2.75) is 39.5 Å². The summed E-state index contributed by atoms with van der Waals surface area (Å²) in [5.41, 5.74) is 3.07. The van der Waals surface area contributed by atoms with E-state index in [-0.39, 0.29) is 41.9 Å². The van der Waals surface area contributed by atoms with Crippen molar-refractivity contribution in [1.29, 1.82) is 5.41 Å². The number of nitro groups is 1. The molecular formula is C33H31N3O7. The predicted octanol–water partition coefficient (Wildman–Crippen LogP) is 6.83. The minimum atomic E-state index is -0.780. The number of allylic oxidation sites excluding steroid dienone is 2. The van der Waals surface area contributed by atoms with E-state index in [4.69, 9.17) is 14.2 Å². The molecule has 0 aromatic heterocycles. The van der Waals surface area contributed by atoms with E-state index in [1.165, 1.54) is 12.1 Å². The molecule has 43 heavy (non-hydrogen) atoms. The fourth-order valence-corrected chi connectivity index (χ4v) is 6.21. The molecule has 2 heterocycles. The highest BCUT2D eigenvalue weighted by Gasteiger charge is 2.47. The van der Waals surface area contributed by atoms with E-state index in [2.05, 4.69) is 0 Å². The molecule has 1 aliphatic carbocycles. The predicted molar refractivity (Wildman–Crippen MR) is 161 cm³/mol. The lowest BCUT2D eigenvalue weighted by atomic mass is 9.67. The number of aliphatic hydroxyl groups excluding tert-OH is 1. The van der Waals surface area contributed by atoms with Gasteiger partial charge < -0.3 is 19.3 Å². The number of aliphatic hydroxyl groups is 1. The van der Waals surface area contributed by atoms with Gasteiger partial charge in [0.15, 0.2) is 17.3 Å². The van der Waals surface area contributed by atoms with Gasteiger partial charge in [0.05, 0.1) is 17.7 Å². The third-order valence-corrected chi connectivity index (χ3v) is 8.20. The third-order valence-electron chi connectivity index (χ3n) is 8.20. The second-order valence-corrected chi connectivity index (χ2v) is 11.7. The Morgan fingerprint density at radius 1 is 1.07 bits per heavy atom. The quantitative estimate of drug-likeness (QED) is 0.190. The Hall–Kier alpha value is -5.12. The highest BCUT2D eigenvalue weighted by Crippen LogP contribution is 2.52. The first-order chi connectivity index (χ1) is 20.5. The summed E-state index contributed by atoms with van der Waals surface area (Å²) in [5, 5.41) is 33.1. The molecule has 10 nitrogen and oxygen atoms in total. The third kappa shape index (κ3) is 4.78. The standard InChI is InChI=1S/C33H31N3O7/c1-18-13-21(36(39)40)8-11-23(18)35-24-15-33(2,3)16-25(37)29(24)28(20-7-12-26-27(14-20)43-17-42-26)30(32(35)34)31(38)19-5-9-22(41-4)10-6-19/h5-14,28,34,38H,15-17H2,1-4H3. The van der Waals surface area contributed by atoms with Crippen LogP contribution in [0.5, 0.6) is 17.2 Å². The van der Waals surface area contributed by atoms with Crippen LogP contribution in [-0.2, 0) is 4.79 Å². The van der Waals surface area contributed by atoms with Crippen molar-refractivity contribution in [3.8, 4) is 17.2 Å². The van der Waals surface area contributed by atoms with Gasteiger partial charge >= 0.3 is 0 Å². The van der Waals surface area contributed by atoms with Crippen molar-refractivity contribution in [3.63, 3.8) is 0 Å². The second-order valence-electron chi connectivity index (χ2n) is 11.7. The van der Waals surface area contributed by atoms with Crippen LogP contribution in [0.2, 0.25) is 0 Å². The van der Waals surface area contributed by atoms with E-state index in [9.17, 15) is 25.4 Å². The lowest BCUT2D eigenvalue weighted by Crippen LogP contribution is -2.45. The number of anilines is 1. The molecule has 3 aliphatic rings. The minimum Gasteiger partial charge on any atom is -0.507 e. The number of rotatable bonds is 5. The molecule has 3 aromatic rings. The Morgan fingerprint density at radius 3 is 2.47 bits per heavy atom. The molecule has 10 heteroatoms. The number of non-ortho nitro benzene ring substituents is 1. The van der Waals surface area contributed by atoms with Gasteiger partial charge in [-0.05, 0) is 72.4 Å². The molecule has 0 spiro atoms. The summed E-state index contributed by atoms with van der Waals surface area (Å²) in [6.07, 6.45) is 0.758. The number of aryl methyl sites for hydroxylation is 1. The van der Waals surface area contributed by atoms with Crippen LogP contribution in [0, 0.1) is 27.9 Å². The van der Waals surface area contributed by atoms with Crippen LogP contribution in [0.1, 0.15) is 49.3 Å². The number of carbonyl (C=O) groups excluding carboxylic acids is 1. The molecule has 3 aromatic carbocycles. The number of hydrogen-bond donors (Lipinski definition) is 2. The lowest BCUT2D eigenvalue weighted by Gasteiger charge is -2.45. The highest BCUT2D eigenvalue weighted by molar-refractivity contribution is 6.20. The molecule has 1 unspecified atom stereocenters. The Bertz CT molecular complexity index is 1750. The number of hydrogen-bond acceptors (Lipinski definition) is 8. The van der Waals surface area contributed by atoms with Gasteiger partial charge in [-0.3, -0.25) is 25.2 Å². The number of methoxy groups -OCH3 is 1. The van der Waals surface area contributed by atoms with E-state index in [0.717, 1.165) is 0 Å². The highest BCUT2D eigenvalue weighted by atomic mass is 16.7. The normalized spacial score (nSPS) is 20.2. The van der Waals surface area contributed by atoms with Gasteiger partial charge in [0.2, 0.25) is 6.79 Å². The maximum Gasteiger partial charge on any atom is 0.269 e. The molecular weight excluding hydrogens is 550 g/mol. The van der Waals surface area contributed by atoms with E-state index in [1.807, 2.05) is 19.9 Å². The Labute approximate surface area is 248 Å². The number of Topliss-reactive ketones (excluding diaryl/α,β-unsaturated/α-hetero) is 1. The number of carbonyl (C=O) groups is 1. The smallest absolute Gasteiger partial charge is 0.269 e. The molecule has 0 amide bonds. The van der Waals surface area contributed by atoms with Crippen molar-refractivity contribution in [1.82, 2.24) is 0 Å². The zero-order valence-electron chi connectivity index (χ0n) is 24.3. The van der Waals surface area contributed by atoms with Gasteiger partial charge in [0.1, 0.15) is 17.3 Å². The monoisotopic (exact) mass is 581 g/mol. The molecule has 0 saturated carbocycles. The van der Waals surface area contributed by atoms with Crippen LogP contribution in [0.25, 0.3) is 5.76 Å². The zero-order chi connectivity index (χ0) is 30.6. The second kappa shape index (κ2) is 10.3.